The molecule has 4 heteroatoms. The number of hydrogen-bond acceptors (Lipinski definition) is 4. The van der Waals surface area contributed by atoms with Gasteiger partial charge in [0.2, 0.25) is 0 Å². The molecule has 0 saturated heterocycles. The Morgan fingerprint density at radius 1 is 1.42 bits per heavy atom. The quantitative estimate of drug-likeness (QED) is 0.878. The van der Waals surface area contributed by atoms with Gasteiger partial charge in [0.05, 0.1) is 7.11 Å². The minimum atomic E-state index is 0.300. The van der Waals surface area contributed by atoms with E-state index < -0.39 is 0 Å². The molecule has 2 rings (SSSR count). The lowest BCUT2D eigenvalue weighted by Crippen LogP contribution is -2.22. The second-order valence-electron chi connectivity index (χ2n) is 4.53. The van der Waals surface area contributed by atoms with Crippen molar-refractivity contribution in [1.82, 2.24) is 10.3 Å². The Morgan fingerprint density at radius 2 is 2.26 bits per heavy atom. The van der Waals surface area contributed by atoms with E-state index in [2.05, 4.69) is 42.3 Å². The van der Waals surface area contributed by atoms with Crippen molar-refractivity contribution in [2.75, 3.05) is 13.7 Å². The highest BCUT2D eigenvalue weighted by Gasteiger charge is 2.14. The van der Waals surface area contributed by atoms with Crippen LogP contribution in [0.25, 0.3) is 0 Å². The lowest BCUT2D eigenvalue weighted by atomic mass is 10.1. The van der Waals surface area contributed by atoms with Crippen LogP contribution in [0.3, 0.4) is 0 Å². The maximum atomic E-state index is 5.26. The lowest BCUT2D eigenvalue weighted by molar-refractivity contribution is 0.415. The second kappa shape index (κ2) is 6.68. The van der Waals surface area contributed by atoms with Crippen molar-refractivity contribution < 1.29 is 4.74 Å². The molecule has 0 spiro atoms. The Labute approximate surface area is 118 Å². The number of hydrogen-bond donors (Lipinski definition) is 1. The van der Waals surface area contributed by atoms with Gasteiger partial charge in [-0.05, 0) is 31.2 Å². The molecule has 0 fully saturated rings. The van der Waals surface area contributed by atoms with Crippen molar-refractivity contribution >= 4 is 11.3 Å². The zero-order valence-corrected chi connectivity index (χ0v) is 12.5. The van der Waals surface area contributed by atoms with Crippen molar-refractivity contribution in [3.05, 3.63) is 45.9 Å². The highest BCUT2D eigenvalue weighted by molar-refractivity contribution is 7.10. The highest BCUT2D eigenvalue weighted by atomic mass is 32.1. The number of aromatic nitrogens is 1. The predicted octanol–water partition coefficient (Wildman–Crippen LogP) is 3.35. The Bertz CT molecular complexity index is 507. The van der Waals surface area contributed by atoms with Gasteiger partial charge in [-0.2, -0.15) is 0 Å². The van der Waals surface area contributed by atoms with Crippen molar-refractivity contribution in [3.63, 3.8) is 0 Å². The number of likely N-dealkylation sites (N-methyl/N-ethyl adjacent to an activating group) is 1. The fourth-order valence-electron chi connectivity index (χ4n) is 1.97. The van der Waals surface area contributed by atoms with Crippen LogP contribution in [0.4, 0.5) is 0 Å². The summed E-state index contributed by atoms with van der Waals surface area (Å²) in [6.07, 6.45) is 2.82. The molecular formula is C15H20N2OS. The first-order valence-electron chi connectivity index (χ1n) is 6.50. The molecule has 0 aliphatic rings. The maximum absolute atomic E-state index is 5.26. The second-order valence-corrected chi connectivity index (χ2v) is 5.47. The van der Waals surface area contributed by atoms with Crippen LogP contribution in [0, 0.1) is 6.92 Å². The first-order chi connectivity index (χ1) is 9.22. The molecule has 3 nitrogen and oxygen atoms in total. The van der Waals surface area contributed by atoms with Gasteiger partial charge in [-0.15, -0.1) is 11.3 Å². The summed E-state index contributed by atoms with van der Waals surface area (Å²) in [5.41, 5.74) is 2.31. The number of ether oxygens (including phenoxy) is 1. The molecule has 0 aromatic carbocycles. The third-order valence-corrected chi connectivity index (χ3v) is 4.04. The Kier molecular flexibility index (Phi) is 4.93. The van der Waals surface area contributed by atoms with E-state index in [-0.39, 0.29) is 0 Å². The van der Waals surface area contributed by atoms with E-state index in [1.165, 1.54) is 10.4 Å². The summed E-state index contributed by atoms with van der Waals surface area (Å²) >= 11 is 1.73. The molecule has 2 aromatic rings. The zero-order chi connectivity index (χ0) is 13.7. The highest BCUT2D eigenvalue weighted by Crippen LogP contribution is 2.28. The number of pyridine rings is 1. The van der Waals surface area contributed by atoms with Crippen molar-refractivity contribution in [1.29, 1.82) is 0 Å². The topological polar surface area (TPSA) is 34.2 Å². The van der Waals surface area contributed by atoms with Gasteiger partial charge in [0.1, 0.15) is 5.75 Å². The monoisotopic (exact) mass is 276 g/mol. The number of thiophene rings is 1. The molecule has 1 atom stereocenters. The third-order valence-electron chi connectivity index (χ3n) is 3.01. The van der Waals surface area contributed by atoms with Crippen molar-refractivity contribution in [3.8, 4) is 5.75 Å². The molecule has 0 saturated carbocycles. The fraction of sp³-hybridized carbons (Fsp3) is 0.400. The van der Waals surface area contributed by atoms with Crippen molar-refractivity contribution in [2.45, 2.75) is 26.3 Å². The van der Waals surface area contributed by atoms with E-state index in [1.807, 2.05) is 11.6 Å². The van der Waals surface area contributed by atoms with Crippen LogP contribution in [0.15, 0.2) is 29.8 Å². The van der Waals surface area contributed by atoms with E-state index >= 15 is 0 Å². The maximum Gasteiger partial charge on any atom is 0.129 e. The Morgan fingerprint density at radius 3 is 2.84 bits per heavy atom. The molecule has 0 amide bonds. The molecule has 19 heavy (non-hydrogen) atoms. The SMILES string of the molecule is CCNC(Cc1ccc(C)cn1)c1cc(OC)cs1. The summed E-state index contributed by atoms with van der Waals surface area (Å²) in [5.74, 6) is 0.930. The summed E-state index contributed by atoms with van der Waals surface area (Å²) in [6.45, 7) is 5.12. The zero-order valence-electron chi connectivity index (χ0n) is 11.6. The molecule has 2 heterocycles. The molecule has 102 valence electrons. The predicted molar refractivity (Wildman–Crippen MR) is 80.0 cm³/mol. The van der Waals surface area contributed by atoms with Crippen LogP contribution in [-0.4, -0.2) is 18.6 Å². The number of nitrogens with one attached hydrogen (secondary N) is 1. The number of aryl methyl sites for hydroxylation is 1. The Hall–Kier alpha value is -1.39. The van der Waals surface area contributed by atoms with Crippen LogP contribution in [0.5, 0.6) is 5.75 Å². The average Bonchev–Trinajstić information content (AvgIpc) is 2.89. The Balaban J connectivity index is 2.13. The van der Waals surface area contributed by atoms with Gasteiger partial charge in [0.15, 0.2) is 0 Å². The molecule has 0 aliphatic heterocycles. The third kappa shape index (κ3) is 3.78. The average molecular weight is 276 g/mol. The molecular weight excluding hydrogens is 256 g/mol. The lowest BCUT2D eigenvalue weighted by Gasteiger charge is -2.16. The van der Waals surface area contributed by atoms with Gasteiger partial charge in [-0.3, -0.25) is 4.98 Å². The minimum Gasteiger partial charge on any atom is -0.496 e. The van der Waals surface area contributed by atoms with Gasteiger partial charge in [-0.1, -0.05) is 13.0 Å². The molecule has 1 N–H and O–H groups in total. The van der Waals surface area contributed by atoms with Crippen LogP contribution < -0.4 is 10.1 Å². The molecule has 2 aromatic heterocycles. The molecule has 0 radical (unpaired) electrons. The van der Waals surface area contributed by atoms with E-state index in [0.29, 0.717) is 6.04 Å². The van der Waals surface area contributed by atoms with Gasteiger partial charge in [0.25, 0.3) is 0 Å². The summed E-state index contributed by atoms with van der Waals surface area (Å²) in [5, 5.41) is 5.56. The van der Waals surface area contributed by atoms with E-state index in [9.17, 15) is 0 Å². The number of methoxy groups -OCH3 is 1. The standard InChI is InChI=1S/C15H20N2OS/c1-4-16-14(15-8-13(18-3)10-19-15)7-12-6-5-11(2)9-17-12/h5-6,8-10,14,16H,4,7H2,1-3H3. The summed E-state index contributed by atoms with van der Waals surface area (Å²) in [7, 11) is 1.70. The smallest absolute Gasteiger partial charge is 0.129 e. The van der Waals surface area contributed by atoms with Crippen LogP contribution >= 0.6 is 11.3 Å². The fourth-order valence-corrected chi connectivity index (χ4v) is 2.90. The molecule has 1 unspecified atom stereocenters. The van der Waals surface area contributed by atoms with Gasteiger partial charge < -0.3 is 10.1 Å². The molecule has 0 bridgehead atoms. The van der Waals surface area contributed by atoms with E-state index in [1.54, 1.807) is 18.4 Å². The number of rotatable bonds is 6. The first kappa shape index (κ1) is 14.0. The summed E-state index contributed by atoms with van der Waals surface area (Å²) in [4.78, 5) is 5.78. The van der Waals surface area contributed by atoms with Crippen molar-refractivity contribution in [2.24, 2.45) is 0 Å². The minimum absolute atomic E-state index is 0.300. The summed E-state index contributed by atoms with van der Waals surface area (Å²) < 4.78 is 5.26. The summed E-state index contributed by atoms with van der Waals surface area (Å²) in [6, 6.07) is 6.62. The van der Waals surface area contributed by atoms with Crippen LogP contribution in [-0.2, 0) is 6.42 Å². The van der Waals surface area contributed by atoms with Gasteiger partial charge in [0, 0.05) is 34.6 Å². The van der Waals surface area contributed by atoms with E-state index in [0.717, 1.165) is 24.4 Å². The number of nitrogens with zero attached hydrogens (tertiary/aromatic N) is 1. The largest absolute Gasteiger partial charge is 0.496 e. The first-order valence-corrected chi connectivity index (χ1v) is 7.38. The normalized spacial score (nSPS) is 12.4. The molecule has 0 aliphatic carbocycles. The van der Waals surface area contributed by atoms with Crippen LogP contribution in [0.2, 0.25) is 0 Å². The van der Waals surface area contributed by atoms with Gasteiger partial charge in [-0.25, -0.2) is 0 Å². The van der Waals surface area contributed by atoms with Crippen LogP contribution in [0.1, 0.15) is 29.1 Å². The van der Waals surface area contributed by atoms with Gasteiger partial charge >= 0.3 is 0 Å². The van der Waals surface area contributed by atoms with E-state index in [4.69, 9.17) is 4.74 Å².